The first-order valence-corrected chi connectivity index (χ1v) is 11.0. The van der Waals surface area contributed by atoms with Gasteiger partial charge in [0.25, 0.3) is 0 Å². The van der Waals surface area contributed by atoms with Gasteiger partial charge in [0.1, 0.15) is 11.5 Å². The summed E-state index contributed by atoms with van der Waals surface area (Å²) in [6.07, 6.45) is 3.66. The minimum Gasteiger partial charge on any atom is -0.497 e. The van der Waals surface area contributed by atoms with Gasteiger partial charge in [-0.05, 0) is 55.5 Å². The van der Waals surface area contributed by atoms with Crippen molar-refractivity contribution in [3.8, 4) is 11.5 Å². The van der Waals surface area contributed by atoms with Crippen molar-refractivity contribution in [2.24, 2.45) is 0 Å². The Kier molecular flexibility index (Phi) is 7.62. The summed E-state index contributed by atoms with van der Waals surface area (Å²) in [6, 6.07) is 9.95. The zero-order valence-electron chi connectivity index (χ0n) is 18.3. The topological polar surface area (TPSA) is 50.8 Å². The molecule has 2 aromatic rings. The Morgan fingerprint density at radius 3 is 2.63 bits per heavy atom. The van der Waals surface area contributed by atoms with E-state index in [2.05, 4.69) is 24.1 Å². The summed E-state index contributed by atoms with van der Waals surface area (Å²) in [5.41, 5.74) is 4.07. The first-order chi connectivity index (χ1) is 14.5. The molecule has 1 amide bonds. The van der Waals surface area contributed by atoms with Gasteiger partial charge in [-0.2, -0.15) is 0 Å². The Bertz CT molecular complexity index is 900. The predicted octanol–water partition coefficient (Wildman–Crippen LogP) is 5.26. The fourth-order valence-electron chi connectivity index (χ4n) is 4.29. The van der Waals surface area contributed by atoms with E-state index < -0.39 is 0 Å². The van der Waals surface area contributed by atoms with Crippen LogP contribution < -0.4 is 14.8 Å². The van der Waals surface area contributed by atoms with Crippen LogP contribution in [0.15, 0.2) is 30.3 Å². The van der Waals surface area contributed by atoms with E-state index in [9.17, 15) is 4.79 Å². The molecule has 1 saturated heterocycles. The first kappa shape index (κ1) is 22.4. The number of methoxy groups -OCH3 is 2. The second kappa shape index (κ2) is 10.2. The van der Waals surface area contributed by atoms with Gasteiger partial charge in [-0.3, -0.25) is 9.69 Å². The van der Waals surface area contributed by atoms with E-state index in [0.717, 1.165) is 66.1 Å². The maximum absolute atomic E-state index is 13.0. The van der Waals surface area contributed by atoms with Gasteiger partial charge in [0.05, 0.1) is 20.8 Å². The molecular weight excluding hydrogens is 400 g/mol. The molecule has 2 aromatic carbocycles. The highest BCUT2D eigenvalue weighted by molar-refractivity contribution is 6.32. The van der Waals surface area contributed by atoms with Crippen molar-refractivity contribution < 1.29 is 14.3 Å². The molecule has 1 aliphatic rings. The average molecular weight is 431 g/mol. The fourth-order valence-corrected chi connectivity index (χ4v) is 4.58. The van der Waals surface area contributed by atoms with E-state index in [1.165, 1.54) is 0 Å². The lowest BCUT2D eigenvalue weighted by atomic mass is 10.0. The lowest BCUT2D eigenvalue weighted by Crippen LogP contribution is -2.33. The van der Waals surface area contributed by atoms with Crippen molar-refractivity contribution >= 4 is 23.2 Å². The predicted molar refractivity (Wildman–Crippen MR) is 122 cm³/mol. The summed E-state index contributed by atoms with van der Waals surface area (Å²) >= 11 is 6.39. The van der Waals surface area contributed by atoms with Crippen LogP contribution in [0.2, 0.25) is 5.02 Å². The second-order valence-electron chi connectivity index (χ2n) is 7.55. The SMILES string of the molecule is CCc1ccc(Cl)c(CC)c1NC(=O)CN1CCC[C@H]1c1ccc(OC)cc1OC. The largest absolute Gasteiger partial charge is 0.497 e. The van der Waals surface area contributed by atoms with Gasteiger partial charge in [0.15, 0.2) is 0 Å². The van der Waals surface area contributed by atoms with Crippen molar-refractivity contribution in [3.05, 3.63) is 52.0 Å². The number of rotatable bonds is 8. The van der Waals surface area contributed by atoms with Crippen LogP contribution >= 0.6 is 11.6 Å². The molecule has 6 heteroatoms. The summed E-state index contributed by atoms with van der Waals surface area (Å²) in [5.74, 6) is 1.54. The highest BCUT2D eigenvalue weighted by atomic mass is 35.5. The number of nitrogens with zero attached hydrogens (tertiary/aromatic N) is 1. The van der Waals surface area contributed by atoms with Crippen molar-refractivity contribution in [2.75, 3.05) is 32.6 Å². The van der Waals surface area contributed by atoms with E-state index in [1.54, 1.807) is 14.2 Å². The number of nitrogens with one attached hydrogen (secondary N) is 1. The molecule has 30 heavy (non-hydrogen) atoms. The number of amides is 1. The molecule has 1 heterocycles. The second-order valence-corrected chi connectivity index (χ2v) is 7.96. The number of anilines is 1. The van der Waals surface area contributed by atoms with Crippen LogP contribution in [0, 0.1) is 0 Å². The monoisotopic (exact) mass is 430 g/mol. The molecule has 0 radical (unpaired) electrons. The summed E-state index contributed by atoms with van der Waals surface area (Å²) in [6.45, 7) is 5.36. The van der Waals surface area contributed by atoms with Gasteiger partial charge in [-0.1, -0.05) is 37.6 Å². The van der Waals surface area contributed by atoms with E-state index in [1.807, 2.05) is 30.3 Å². The molecule has 3 rings (SSSR count). The number of hydrogen-bond acceptors (Lipinski definition) is 4. The fraction of sp³-hybridized carbons (Fsp3) is 0.458. The molecule has 1 fully saturated rings. The third-order valence-corrected chi connectivity index (χ3v) is 6.21. The van der Waals surface area contributed by atoms with Crippen LogP contribution in [0.1, 0.15) is 49.4 Å². The Balaban J connectivity index is 1.78. The molecule has 0 unspecified atom stereocenters. The van der Waals surface area contributed by atoms with E-state index in [0.29, 0.717) is 11.6 Å². The first-order valence-electron chi connectivity index (χ1n) is 10.6. The number of carbonyl (C=O) groups is 1. The molecule has 5 nitrogen and oxygen atoms in total. The van der Waals surface area contributed by atoms with Crippen LogP contribution in [0.3, 0.4) is 0 Å². The number of hydrogen-bond donors (Lipinski definition) is 1. The number of halogens is 1. The highest BCUT2D eigenvalue weighted by Crippen LogP contribution is 2.38. The molecular formula is C24H31ClN2O3. The van der Waals surface area contributed by atoms with Crippen LogP contribution in [-0.2, 0) is 17.6 Å². The summed E-state index contributed by atoms with van der Waals surface area (Å²) in [4.78, 5) is 15.2. The zero-order chi connectivity index (χ0) is 21.7. The third-order valence-electron chi connectivity index (χ3n) is 5.85. The van der Waals surface area contributed by atoms with Crippen LogP contribution in [-0.4, -0.2) is 38.1 Å². The van der Waals surface area contributed by atoms with Gasteiger partial charge in [-0.15, -0.1) is 0 Å². The van der Waals surface area contributed by atoms with Crippen molar-refractivity contribution in [1.82, 2.24) is 4.90 Å². The number of benzene rings is 2. The molecule has 0 bridgehead atoms. The zero-order valence-corrected chi connectivity index (χ0v) is 19.0. The molecule has 1 N–H and O–H groups in total. The Morgan fingerprint density at radius 1 is 1.17 bits per heavy atom. The molecule has 0 aliphatic carbocycles. The van der Waals surface area contributed by atoms with E-state index in [4.69, 9.17) is 21.1 Å². The van der Waals surface area contributed by atoms with Gasteiger partial charge >= 0.3 is 0 Å². The summed E-state index contributed by atoms with van der Waals surface area (Å²) < 4.78 is 10.9. The molecule has 1 atom stereocenters. The quantitative estimate of drug-likeness (QED) is 0.620. The van der Waals surface area contributed by atoms with E-state index >= 15 is 0 Å². The van der Waals surface area contributed by atoms with Gasteiger partial charge in [0, 0.05) is 28.4 Å². The van der Waals surface area contributed by atoms with Crippen LogP contribution in [0.25, 0.3) is 0 Å². The summed E-state index contributed by atoms with van der Waals surface area (Å²) in [5, 5.41) is 3.85. The van der Waals surface area contributed by atoms with Crippen LogP contribution in [0.5, 0.6) is 11.5 Å². The van der Waals surface area contributed by atoms with Crippen LogP contribution in [0.4, 0.5) is 5.69 Å². The Labute approximate surface area is 184 Å². The lowest BCUT2D eigenvalue weighted by Gasteiger charge is -2.26. The minimum atomic E-state index is -0.0129. The Morgan fingerprint density at radius 2 is 1.97 bits per heavy atom. The number of aryl methyl sites for hydroxylation is 1. The molecule has 1 aliphatic heterocycles. The molecule has 0 aromatic heterocycles. The van der Waals surface area contributed by atoms with E-state index in [-0.39, 0.29) is 11.9 Å². The van der Waals surface area contributed by atoms with Gasteiger partial charge in [-0.25, -0.2) is 0 Å². The molecule has 0 saturated carbocycles. The average Bonchev–Trinajstić information content (AvgIpc) is 3.21. The normalized spacial score (nSPS) is 16.5. The summed E-state index contributed by atoms with van der Waals surface area (Å²) in [7, 11) is 3.31. The molecule has 162 valence electrons. The van der Waals surface area contributed by atoms with Crippen molar-refractivity contribution in [2.45, 2.75) is 45.6 Å². The lowest BCUT2D eigenvalue weighted by molar-refractivity contribution is -0.117. The molecule has 0 spiro atoms. The number of ether oxygens (including phenoxy) is 2. The minimum absolute atomic E-state index is 0.0129. The Hall–Kier alpha value is -2.24. The smallest absolute Gasteiger partial charge is 0.238 e. The van der Waals surface area contributed by atoms with Crippen molar-refractivity contribution in [1.29, 1.82) is 0 Å². The third kappa shape index (κ3) is 4.73. The van der Waals surface area contributed by atoms with Gasteiger partial charge < -0.3 is 14.8 Å². The van der Waals surface area contributed by atoms with Gasteiger partial charge in [0.2, 0.25) is 5.91 Å². The number of carbonyl (C=O) groups excluding carboxylic acids is 1. The standard InChI is InChI=1S/C24H31ClN2O3/c1-5-16-9-12-20(25)18(6-2)24(16)26-23(28)15-27-13-7-8-21(27)19-11-10-17(29-3)14-22(19)30-4/h9-12,14,21H,5-8,13,15H2,1-4H3,(H,26,28)/t21-/m0/s1. The highest BCUT2D eigenvalue weighted by Gasteiger charge is 2.30. The maximum atomic E-state index is 13.0. The van der Waals surface area contributed by atoms with Crippen molar-refractivity contribution in [3.63, 3.8) is 0 Å². The maximum Gasteiger partial charge on any atom is 0.238 e. The number of likely N-dealkylation sites (tertiary alicyclic amines) is 1.